The van der Waals surface area contributed by atoms with Crippen molar-refractivity contribution in [1.82, 2.24) is 20.1 Å². The van der Waals surface area contributed by atoms with Gasteiger partial charge in [0.1, 0.15) is 5.75 Å². The number of amides is 1. The van der Waals surface area contributed by atoms with Crippen molar-refractivity contribution in [1.29, 1.82) is 0 Å². The van der Waals surface area contributed by atoms with Crippen LogP contribution < -0.4 is 10.1 Å². The van der Waals surface area contributed by atoms with E-state index in [4.69, 9.17) is 19.6 Å². The number of ether oxygens (including phenoxy) is 1. The average molecular weight is 515 g/mol. The van der Waals surface area contributed by atoms with E-state index >= 15 is 0 Å². The van der Waals surface area contributed by atoms with Gasteiger partial charge in [-0.1, -0.05) is 30.3 Å². The molecule has 2 aromatic carbocycles. The number of aryl methyl sites for hydroxylation is 1. The van der Waals surface area contributed by atoms with Crippen molar-refractivity contribution in [2.45, 2.75) is 19.5 Å². The number of carbonyl (C=O) groups is 2. The number of aromatic nitrogens is 3. The van der Waals surface area contributed by atoms with Crippen LogP contribution in [0.3, 0.4) is 0 Å². The zero-order chi connectivity index (χ0) is 27.2. The van der Waals surface area contributed by atoms with Crippen molar-refractivity contribution in [3.8, 4) is 17.0 Å². The lowest BCUT2D eigenvalue weighted by atomic mass is 10.0. The highest BCUT2D eigenvalue weighted by atomic mass is 19.4. The smallest absolute Gasteiger partial charge is 0.490 e. The fourth-order valence-corrected chi connectivity index (χ4v) is 3.46. The van der Waals surface area contributed by atoms with Gasteiger partial charge in [0, 0.05) is 30.2 Å². The normalized spacial score (nSPS) is 11.0. The van der Waals surface area contributed by atoms with Gasteiger partial charge in [-0.15, -0.1) is 0 Å². The van der Waals surface area contributed by atoms with Crippen LogP contribution in [0.4, 0.5) is 13.2 Å². The number of aliphatic carboxylic acids is 1. The summed E-state index contributed by atoms with van der Waals surface area (Å²) in [5, 5.41) is 15.3. The van der Waals surface area contributed by atoms with Crippen molar-refractivity contribution in [3.05, 3.63) is 77.6 Å². The number of carboxylic acid groups (broad SMARTS) is 1. The van der Waals surface area contributed by atoms with E-state index in [1.54, 1.807) is 18.0 Å². The molecule has 2 aromatic heterocycles. The molecular formula is C26H25F3N4O4. The summed E-state index contributed by atoms with van der Waals surface area (Å²) in [6.07, 6.45) is -2.55. The van der Waals surface area contributed by atoms with E-state index in [-0.39, 0.29) is 5.91 Å². The molecule has 37 heavy (non-hydrogen) atoms. The maximum absolute atomic E-state index is 13.0. The first-order valence-corrected chi connectivity index (χ1v) is 11.1. The van der Waals surface area contributed by atoms with Gasteiger partial charge in [0.15, 0.2) is 0 Å². The number of carbonyl (C=O) groups excluding carboxylic acids is 1. The first-order chi connectivity index (χ1) is 17.5. The molecule has 2 heterocycles. The molecule has 0 aliphatic carbocycles. The third-order valence-corrected chi connectivity index (χ3v) is 5.57. The number of benzene rings is 2. The molecule has 11 heteroatoms. The first kappa shape index (κ1) is 27.2. The Morgan fingerprint density at radius 3 is 2.32 bits per heavy atom. The molecule has 0 aliphatic rings. The second-order valence-corrected chi connectivity index (χ2v) is 8.00. The number of hydrogen-bond donors (Lipinski definition) is 2. The highest BCUT2D eigenvalue weighted by Gasteiger charge is 2.38. The Hall–Kier alpha value is -4.41. The molecule has 0 aliphatic heterocycles. The molecule has 4 aromatic rings. The maximum atomic E-state index is 13.0. The Labute approximate surface area is 210 Å². The van der Waals surface area contributed by atoms with Gasteiger partial charge < -0.3 is 15.2 Å². The van der Waals surface area contributed by atoms with E-state index < -0.39 is 12.1 Å². The number of methoxy groups -OCH3 is 1. The van der Waals surface area contributed by atoms with Gasteiger partial charge in [-0.3, -0.25) is 9.48 Å². The summed E-state index contributed by atoms with van der Waals surface area (Å²) >= 11 is 0. The predicted molar refractivity (Wildman–Crippen MR) is 131 cm³/mol. The van der Waals surface area contributed by atoms with E-state index in [9.17, 15) is 18.0 Å². The molecular weight excluding hydrogens is 489 g/mol. The number of halogens is 3. The van der Waals surface area contributed by atoms with Gasteiger partial charge in [0.2, 0.25) is 0 Å². The molecule has 4 rings (SSSR count). The molecule has 0 bridgehead atoms. The fourth-order valence-electron chi connectivity index (χ4n) is 3.46. The van der Waals surface area contributed by atoms with Crippen LogP contribution in [0.5, 0.6) is 5.75 Å². The van der Waals surface area contributed by atoms with Crippen LogP contribution >= 0.6 is 0 Å². The number of para-hydroxylation sites is 1. The van der Waals surface area contributed by atoms with Crippen molar-refractivity contribution in [3.63, 3.8) is 0 Å². The molecule has 2 N–H and O–H groups in total. The third-order valence-electron chi connectivity index (χ3n) is 5.57. The van der Waals surface area contributed by atoms with E-state index in [0.717, 1.165) is 45.6 Å². The van der Waals surface area contributed by atoms with Crippen LogP contribution in [0.25, 0.3) is 22.2 Å². The summed E-state index contributed by atoms with van der Waals surface area (Å²) in [5.41, 5.74) is 5.23. The van der Waals surface area contributed by atoms with Gasteiger partial charge in [0.05, 0.1) is 30.1 Å². The van der Waals surface area contributed by atoms with Gasteiger partial charge in [-0.2, -0.15) is 18.3 Å². The number of nitrogens with zero attached hydrogens (tertiary/aromatic N) is 3. The average Bonchev–Trinajstić information content (AvgIpc) is 3.21. The quantitative estimate of drug-likeness (QED) is 0.391. The van der Waals surface area contributed by atoms with Gasteiger partial charge in [-0.05, 0) is 43.2 Å². The number of alkyl halides is 3. The Kier molecular flexibility index (Phi) is 8.49. The van der Waals surface area contributed by atoms with E-state index in [1.807, 2.05) is 68.6 Å². The summed E-state index contributed by atoms with van der Waals surface area (Å²) in [4.78, 5) is 26.7. The van der Waals surface area contributed by atoms with E-state index in [1.165, 1.54) is 0 Å². The predicted octanol–water partition coefficient (Wildman–Crippen LogP) is 4.56. The topological polar surface area (TPSA) is 106 Å². The minimum Gasteiger partial charge on any atom is -0.497 e. The Balaban J connectivity index is 0.000000479. The second-order valence-electron chi connectivity index (χ2n) is 8.00. The summed E-state index contributed by atoms with van der Waals surface area (Å²) in [6, 6.07) is 17.4. The number of hydrogen-bond acceptors (Lipinski definition) is 5. The molecule has 194 valence electrons. The van der Waals surface area contributed by atoms with Crippen LogP contribution in [0.15, 0.2) is 60.8 Å². The van der Waals surface area contributed by atoms with E-state index in [0.29, 0.717) is 12.1 Å². The number of fused-ring (bicyclic) bond motifs is 1. The summed E-state index contributed by atoms with van der Waals surface area (Å²) in [7, 11) is 3.54. The Morgan fingerprint density at radius 1 is 1.11 bits per heavy atom. The van der Waals surface area contributed by atoms with Crippen molar-refractivity contribution < 1.29 is 32.6 Å². The van der Waals surface area contributed by atoms with Crippen LogP contribution in [0.1, 0.15) is 21.6 Å². The number of pyridine rings is 1. The maximum Gasteiger partial charge on any atom is 0.490 e. The highest BCUT2D eigenvalue weighted by molar-refractivity contribution is 6.07. The van der Waals surface area contributed by atoms with Crippen molar-refractivity contribution in [2.24, 2.45) is 7.05 Å². The molecule has 1 amide bonds. The largest absolute Gasteiger partial charge is 0.497 e. The summed E-state index contributed by atoms with van der Waals surface area (Å²) in [5.74, 6) is -2.04. The molecule has 0 saturated carbocycles. The summed E-state index contributed by atoms with van der Waals surface area (Å²) in [6.45, 7) is 2.54. The number of rotatable bonds is 6. The molecule has 0 radical (unpaired) electrons. The molecule has 8 nitrogen and oxygen atoms in total. The fraction of sp³-hybridized carbons (Fsp3) is 0.231. The Bertz CT molecular complexity index is 1400. The monoisotopic (exact) mass is 514 g/mol. The first-order valence-electron chi connectivity index (χ1n) is 11.1. The standard InChI is InChI=1S/C24H24N4O2.C2HF3O2/c1-16-21(15-26-28(16)2)23-14-20(19-6-4-5-7-22(19)27-23)24(29)25-13-12-17-8-10-18(30-3)11-9-17;3-2(4,5)1(6)7/h4-11,14-15H,12-13H2,1-3H3,(H,25,29);(H,6,7). The molecule has 0 unspecified atom stereocenters. The zero-order valence-electron chi connectivity index (χ0n) is 20.3. The lowest BCUT2D eigenvalue weighted by Gasteiger charge is -2.11. The number of nitrogens with one attached hydrogen (secondary N) is 1. The molecule has 0 fully saturated rings. The lowest BCUT2D eigenvalue weighted by Crippen LogP contribution is -2.26. The summed E-state index contributed by atoms with van der Waals surface area (Å²) < 4.78 is 38.7. The lowest BCUT2D eigenvalue weighted by molar-refractivity contribution is -0.192. The second kappa shape index (κ2) is 11.5. The minimum atomic E-state index is -5.08. The van der Waals surface area contributed by atoms with Crippen molar-refractivity contribution in [2.75, 3.05) is 13.7 Å². The molecule has 0 saturated heterocycles. The molecule has 0 spiro atoms. The van der Waals surface area contributed by atoms with Crippen LogP contribution in [-0.4, -0.2) is 51.6 Å². The van der Waals surface area contributed by atoms with Crippen LogP contribution in [0.2, 0.25) is 0 Å². The van der Waals surface area contributed by atoms with Gasteiger partial charge in [-0.25, -0.2) is 9.78 Å². The molecule has 0 atom stereocenters. The van der Waals surface area contributed by atoms with Crippen LogP contribution in [0, 0.1) is 6.92 Å². The number of carboxylic acids is 1. The van der Waals surface area contributed by atoms with E-state index in [2.05, 4.69) is 10.4 Å². The minimum absolute atomic E-state index is 0.107. The van der Waals surface area contributed by atoms with Gasteiger partial charge >= 0.3 is 12.1 Å². The van der Waals surface area contributed by atoms with Crippen molar-refractivity contribution >= 4 is 22.8 Å². The Morgan fingerprint density at radius 2 is 1.76 bits per heavy atom. The SMILES string of the molecule is COc1ccc(CCNC(=O)c2cc(-c3cnn(C)c3C)nc3ccccc23)cc1.O=C(O)C(F)(F)F. The van der Waals surface area contributed by atoms with Crippen LogP contribution in [-0.2, 0) is 18.3 Å². The van der Waals surface area contributed by atoms with Gasteiger partial charge in [0.25, 0.3) is 5.91 Å². The zero-order valence-corrected chi connectivity index (χ0v) is 20.3. The third kappa shape index (κ3) is 6.84. The highest BCUT2D eigenvalue weighted by Crippen LogP contribution is 2.26.